The van der Waals surface area contributed by atoms with E-state index in [0.717, 1.165) is 45.9 Å². The number of hydrazone groups is 1. The van der Waals surface area contributed by atoms with Crippen LogP contribution in [0.1, 0.15) is 23.6 Å². The van der Waals surface area contributed by atoms with Gasteiger partial charge < -0.3 is 0 Å². The Bertz CT molecular complexity index is 1460. The molecule has 0 radical (unpaired) electrons. The Kier molecular flexibility index (Phi) is 5.60. The summed E-state index contributed by atoms with van der Waals surface area (Å²) in [6, 6.07) is 32.3. The number of pyridine rings is 1. The van der Waals surface area contributed by atoms with Gasteiger partial charge in [-0.3, -0.25) is 9.99 Å². The van der Waals surface area contributed by atoms with Crippen molar-refractivity contribution in [2.75, 3.05) is 5.01 Å². The minimum atomic E-state index is -0.0317. The molecule has 3 aromatic carbocycles. The maximum absolute atomic E-state index is 6.15. The van der Waals surface area contributed by atoms with Crippen molar-refractivity contribution in [3.63, 3.8) is 0 Å². The zero-order valence-electron chi connectivity index (χ0n) is 18.9. The molecule has 5 nitrogen and oxygen atoms in total. The number of rotatable bonds is 5. The SMILES string of the molecule is Clc1ccc(C2=NN(c3ccccc3)[C@H](c3cn(-c4ccccc4)nc3-c3cccnc3)C2)cc1. The van der Waals surface area contributed by atoms with Crippen molar-refractivity contribution in [3.05, 3.63) is 132 Å². The minimum absolute atomic E-state index is 0.0317. The van der Waals surface area contributed by atoms with Crippen LogP contribution in [0.3, 0.4) is 0 Å². The van der Waals surface area contributed by atoms with Crippen LogP contribution < -0.4 is 5.01 Å². The van der Waals surface area contributed by atoms with Gasteiger partial charge in [-0.15, -0.1) is 0 Å². The van der Waals surface area contributed by atoms with E-state index in [1.54, 1.807) is 6.20 Å². The summed E-state index contributed by atoms with van der Waals surface area (Å²) in [5, 5.41) is 12.9. The van der Waals surface area contributed by atoms with Gasteiger partial charge in [0.25, 0.3) is 0 Å². The molecular weight excluding hydrogens is 454 g/mol. The Morgan fingerprint density at radius 1 is 0.743 bits per heavy atom. The summed E-state index contributed by atoms with van der Waals surface area (Å²) in [5.41, 5.74) is 7.10. The van der Waals surface area contributed by atoms with Crippen molar-refractivity contribution >= 4 is 23.0 Å². The van der Waals surface area contributed by atoms with Gasteiger partial charge in [-0.05, 0) is 54.1 Å². The molecule has 1 aliphatic heterocycles. The molecule has 0 unspecified atom stereocenters. The summed E-state index contributed by atoms with van der Waals surface area (Å²) in [4.78, 5) is 4.35. The Morgan fingerprint density at radius 2 is 1.46 bits per heavy atom. The summed E-state index contributed by atoms with van der Waals surface area (Å²) in [6.45, 7) is 0. The summed E-state index contributed by atoms with van der Waals surface area (Å²) >= 11 is 6.15. The van der Waals surface area contributed by atoms with E-state index < -0.39 is 0 Å². The number of anilines is 1. The fourth-order valence-corrected chi connectivity index (χ4v) is 4.59. The second kappa shape index (κ2) is 9.20. The van der Waals surface area contributed by atoms with Crippen molar-refractivity contribution < 1.29 is 0 Å². The van der Waals surface area contributed by atoms with Gasteiger partial charge in [0.15, 0.2) is 0 Å². The third kappa shape index (κ3) is 4.22. The maximum Gasteiger partial charge on any atom is 0.0996 e. The van der Waals surface area contributed by atoms with Crippen LogP contribution in [-0.2, 0) is 0 Å². The molecule has 6 heteroatoms. The van der Waals surface area contributed by atoms with E-state index >= 15 is 0 Å². The van der Waals surface area contributed by atoms with Gasteiger partial charge in [0.05, 0.1) is 28.8 Å². The molecule has 35 heavy (non-hydrogen) atoms. The van der Waals surface area contributed by atoms with Gasteiger partial charge in [-0.2, -0.15) is 10.2 Å². The zero-order valence-corrected chi connectivity index (χ0v) is 19.6. The molecule has 0 spiro atoms. The lowest BCUT2D eigenvalue weighted by Gasteiger charge is -2.23. The van der Waals surface area contributed by atoms with Gasteiger partial charge in [0.2, 0.25) is 0 Å². The highest BCUT2D eigenvalue weighted by molar-refractivity contribution is 6.30. The topological polar surface area (TPSA) is 46.3 Å². The number of halogens is 1. The zero-order chi connectivity index (χ0) is 23.6. The quantitative estimate of drug-likeness (QED) is 0.276. The molecule has 3 heterocycles. The van der Waals surface area contributed by atoms with E-state index in [0.29, 0.717) is 5.02 Å². The largest absolute Gasteiger partial charge is 0.264 e. The van der Waals surface area contributed by atoms with Gasteiger partial charge in [0.1, 0.15) is 0 Å². The number of hydrogen-bond acceptors (Lipinski definition) is 4. The first kappa shape index (κ1) is 21.3. The molecule has 170 valence electrons. The molecule has 6 rings (SSSR count). The van der Waals surface area contributed by atoms with Crippen LogP contribution in [0.5, 0.6) is 0 Å². The Morgan fingerprint density at radius 3 is 2.14 bits per heavy atom. The molecule has 5 aromatic rings. The molecule has 0 aliphatic carbocycles. The van der Waals surface area contributed by atoms with E-state index in [4.69, 9.17) is 21.8 Å². The number of benzene rings is 3. The third-order valence-electron chi connectivity index (χ3n) is 6.17. The summed E-state index contributed by atoms with van der Waals surface area (Å²) in [5.74, 6) is 0. The molecule has 1 atom stereocenters. The van der Waals surface area contributed by atoms with Crippen LogP contribution in [0.4, 0.5) is 5.69 Å². The van der Waals surface area contributed by atoms with Crippen molar-refractivity contribution in [1.82, 2.24) is 14.8 Å². The van der Waals surface area contributed by atoms with Crippen LogP contribution in [-0.4, -0.2) is 20.5 Å². The maximum atomic E-state index is 6.15. The van der Waals surface area contributed by atoms with Crippen molar-refractivity contribution in [2.45, 2.75) is 12.5 Å². The fraction of sp³-hybridized carbons (Fsp3) is 0.0690. The van der Waals surface area contributed by atoms with Gasteiger partial charge in [0, 0.05) is 41.2 Å². The smallest absolute Gasteiger partial charge is 0.0996 e. The van der Waals surface area contributed by atoms with Crippen molar-refractivity contribution in [1.29, 1.82) is 0 Å². The second-order valence-electron chi connectivity index (χ2n) is 8.41. The van der Waals surface area contributed by atoms with E-state index in [2.05, 4.69) is 46.5 Å². The predicted molar refractivity (Wildman–Crippen MR) is 141 cm³/mol. The second-order valence-corrected chi connectivity index (χ2v) is 8.84. The molecule has 0 amide bonds. The van der Waals surface area contributed by atoms with Crippen LogP contribution in [0.2, 0.25) is 5.02 Å². The number of aromatic nitrogens is 3. The van der Waals surface area contributed by atoms with Crippen molar-refractivity contribution in [2.24, 2.45) is 5.10 Å². The lowest BCUT2D eigenvalue weighted by atomic mass is 9.96. The summed E-state index contributed by atoms with van der Waals surface area (Å²) in [7, 11) is 0. The first-order valence-corrected chi connectivity index (χ1v) is 11.9. The average molecular weight is 476 g/mol. The van der Waals surface area contributed by atoms with Gasteiger partial charge in [-0.25, -0.2) is 4.68 Å². The first-order chi connectivity index (χ1) is 17.3. The molecule has 2 aromatic heterocycles. The monoisotopic (exact) mass is 475 g/mol. The normalized spacial score (nSPS) is 15.3. The standard InChI is InChI=1S/C29H22ClN5/c30-23-15-13-21(14-16-23)27-18-28(35(32-27)25-11-5-2-6-12-25)26-20-34(24-9-3-1-4-10-24)33-29(26)22-8-7-17-31-19-22/h1-17,19-20,28H,18H2/t28-/m0/s1. The molecule has 0 N–H and O–H groups in total. The van der Waals surface area contributed by atoms with Crippen LogP contribution in [0.15, 0.2) is 121 Å². The lowest BCUT2D eigenvalue weighted by Crippen LogP contribution is -2.18. The predicted octanol–water partition coefficient (Wildman–Crippen LogP) is 6.94. The molecule has 0 bridgehead atoms. The van der Waals surface area contributed by atoms with E-state index in [1.165, 1.54) is 0 Å². The Balaban J connectivity index is 1.49. The number of nitrogens with zero attached hydrogens (tertiary/aromatic N) is 5. The number of para-hydroxylation sites is 2. The lowest BCUT2D eigenvalue weighted by molar-refractivity contribution is 0.709. The highest BCUT2D eigenvalue weighted by Crippen LogP contribution is 2.40. The van der Waals surface area contributed by atoms with Crippen molar-refractivity contribution in [3.8, 4) is 16.9 Å². The van der Waals surface area contributed by atoms with Gasteiger partial charge in [-0.1, -0.05) is 60.1 Å². The average Bonchev–Trinajstić information content (AvgIpc) is 3.56. The molecular formula is C29H22ClN5. The van der Waals surface area contributed by atoms with Crippen LogP contribution in [0, 0.1) is 0 Å². The molecule has 0 saturated carbocycles. The fourth-order valence-electron chi connectivity index (χ4n) is 4.46. The Hall–Kier alpha value is -4.22. The molecule has 0 saturated heterocycles. The Labute approximate surface area is 209 Å². The first-order valence-electron chi connectivity index (χ1n) is 11.5. The summed E-state index contributed by atoms with van der Waals surface area (Å²) in [6.07, 6.45) is 6.51. The summed E-state index contributed by atoms with van der Waals surface area (Å²) < 4.78 is 1.95. The van der Waals surface area contributed by atoms with E-state index in [1.807, 2.05) is 77.6 Å². The number of hydrogen-bond donors (Lipinski definition) is 0. The van der Waals surface area contributed by atoms with Crippen LogP contribution in [0.25, 0.3) is 16.9 Å². The molecule has 1 aliphatic rings. The van der Waals surface area contributed by atoms with Crippen LogP contribution >= 0.6 is 11.6 Å². The third-order valence-corrected chi connectivity index (χ3v) is 6.42. The van der Waals surface area contributed by atoms with E-state index in [9.17, 15) is 0 Å². The van der Waals surface area contributed by atoms with E-state index in [-0.39, 0.29) is 6.04 Å². The highest BCUT2D eigenvalue weighted by atomic mass is 35.5. The minimum Gasteiger partial charge on any atom is -0.264 e. The van der Waals surface area contributed by atoms with Gasteiger partial charge >= 0.3 is 0 Å². The molecule has 0 fully saturated rings. The highest BCUT2D eigenvalue weighted by Gasteiger charge is 2.33.